The van der Waals surface area contributed by atoms with E-state index in [4.69, 9.17) is 0 Å². The van der Waals surface area contributed by atoms with Crippen molar-refractivity contribution in [3.63, 3.8) is 0 Å². The van der Waals surface area contributed by atoms with Crippen LogP contribution in [0.2, 0.25) is 0 Å². The molecule has 1 aromatic heterocycles. The lowest BCUT2D eigenvalue weighted by molar-refractivity contribution is 0.101. The molecule has 1 aliphatic rings. The maximum Gasteiger partial charge on any atom is 0.164 e. The Morgan fingerprint density at radius 1 is 1.53 bits per heavy atom. The topological polar surface area (TPSA) is 42.0 Å². The van der Waals surface area contributed by atoms with Crippen LogP contribution in [-0.2, 0) is 0 Å². The summed E-state index contributed by atoms with van der Waals surface area (Å²) in [5.41, 5.74) is 1.61. The Hall–Kier alpha value is -0.200. The summed E-state index contributed by atoms with van der Waals surface area (Å²) in [7, 11) is 0. The Bertz CT molecular complexity index is 399. The number of rotatable bonds is 4. The van der Waals surface area contributed by atoms with E-state index in [0.717, 1.165) is 22.8 Å². The molecule has 1 N–H and O–H groups in total. The normalized spacial score (nSPS) is 20.2. The first kappa shape index (κ1) is 13.2. The fourth-order valence-corrected chi connectivity index (χ4v) is 5.23. The fraction of sp³-hybridized carbons (Fsp3) is 0.636. The summed E-state index contributed by atoms with van der Waals surface area (Å²) < 4.78 is 4.25. The number of thioether (sulfide) groups is 2. The molecule has 0 bridgehead atoms. The second-order valence-electron chi connectivity index (χ2n) is 3.98. The molecule has 3 nitrogen and oxygen atoms in total. The van der Waals surface area contributed by atoms with Gasteiger partial charge in [-0.05, 0) is 25.4 Å². The molecule has 0 aromatic carbocycles. The molecule has 1 unspecified atom stereocenters. The summed E-state index contributed by atoms with van der Waals surface area (Å²) in [6.07, 6.45) is 0. The number of Topliss-reactive ketones (excluding diaryl/α,β-unsaturated/α-hetero) is 1. The standard InChI is InChI=1S/C11H16N2OS3/c1-7-10(8(2)14)11(17-13-7)12-5-9-6-15-3-4-16-9/h9,12H,3-6H2,1-2H3. The number of aromatic nitrogens is 1. The van der Waals surface area contributed by atoms with Crippen LogP contribution >= 0.6 is 35.1 Å². The van der Waals surface area contributed by atoms with Crippen LogP contribution in [0.3, 0.4) is 0 Å². The summed E-state index contributed by atoms with van der Waals surface area (Å²) in [6.45, 7) is 4.43. The van der Waals surface area contributed by atoms with E-state index in [1.807, 2.05) is 30.4 Å². The molecule has 0 aliphatic carbocycles. The van der Waals surface area contributed by atoms with Gasteiger partial charge >= 0.3 is 0 Å². The molecule has 0 saturated carbocycles. The molecule has 6 heteroatoms. The summed E-state index contributed by atoms with van der Waals surface area (Å²) in [4.78, 5) is 11.5. The highest BCUT2D eigenvalue weighted by Crippen LogP contribution is 2.28. The number of nitrogens with zero attached hydrogens (tertiary/aromatic N) is 1. The number of anilines is 1. The molecule has 1 aromatic rings. The third-order valence-corrected chi connectivity index (χ3v) is 6.33. The van der Waals surface area contributed by atoms with Gasteiger partial charge in [-0.15, -0.1) is 0 Å². The van der Waals surface area contributed by atoms with Crippen molar-refractivity contribution in [2.24, 2.45) is 0 Å². The van der Waals surface area contributed by atoms with Gasteiger partial charge in [-0.2, -0.15) is 27.9 Å². The maximum atomic E-state index is 11.5. The summed E-state index contributed by atoms with van der Waals surface area (Å²) in [5.74, 6) is 3.80. The molecule has 0 amide bonds. The average molecular weight is 288 g/mol. The lowest BCUT2D eigenvalue weighted by atomic mass is 10.2. The van der Waals surface area contributed by atoms with E-state index in [1.165, 1.54) is 28.8 Å². The van der Waals surface area contributed by atoms with E-state index in [9.17, 15) is 4.79 Å². The van der Waals surface area contributed by atoms with Crippen molar-refractivity contribution in [3.05, 3.63) is 11.3 Å². The number of hydrogen-bond donors (Lipinski definition) is 1. The fourth-order valence-electron chi connectivity index (χ4n) is 1.77. The Morgan fingerprint density at radius 3 is 3.00 bits per heavy atom. The summed E-state index contributed by atoms with van der Waals surface area (Å²) >= 11 is 5.43. The highest BCUT2D eigenvalue weighted by atomic mass is 32.2. The zero-order valence-corrected chi connectivity index (χ0v) is 12.4. The van der Waals surface area contributed by atoms with E-state index in [1.54, 1.807) is 6.92 Å². The molecular formula is C11H16N2OS3. The minimum Gasteiger partial charge on any atom is -0.374 e. The minimum absolute atomic E-state index is 0.101. The van der Waals surface area contributed by atoms with Crippen molar-refractivity contribution in [1.82, 2.24) is 4.37 Å². The molecule has 2 rings (SSSR count). The van der Waals surface area contributed by atoms with Crippen molar-refractivity contribution < 1.29 is 4.79 Å². The summed E-state index contributed by atoms with van der Waals surface area (Å²) in [5, 5.41) is 4.97. The van der Waals surface area contributed by atoms with Crippen LogP contribution < -0.4 is 5.32 Å². The van der Waals surface area contributed by atoms with Gasteiger partial charge in [-0.25, -0.2) is 0 Å². The summed E-state index contributed by atoms with van der Waals surface area (Å²) in [6, 6.07) is 0. The van der Waals surface area contributed by atoms with Crippen molar-refractivity contribution in [2.45, 2.75) is 19.1 Å². The molecule has 94 valence electrons. The van der Waals surface area contributed by atoms with Crippen LogP contribution in [-0.4, -0.2) is 39.2 Å². The number of carbonyl (C=O) groups is 1. The first-order chi connectivity index (χ1) is 8.18. The molecule has 1 fully saturated rings. The largest absolute Gasteiger partial charge is 0.374 e. The Morgan fingerprint density at radius 2 is 2.35 bits per heavy atom. The second-order valence-corrected chi connectivity index (χ2v) is 7.31. The van der Waals surface area contributed by atoms with Crippen LogP contribution in [0.25, 0.3) is 0 Å². The third kappa shape index (κ3) is 3.39. The Kier molecular flexibility index (Phi) is 4.76. The third-order valence-electron chi connectivity index (χ3n) is 2.59. The van der Waals surface area contributed by atoms with Crippen LogP contribution in [0.1, 0.15) is 23.0 Å². The highest BCUT2D eigenvalue weighted by Gasteiger charge is 2.18. The van der Waals surface area contributed by atoms with Crippen molar-refractivity contribution in [2.75, 3.05) is 29.1 Å². The van der Waals surface area contributed by atoms with Crippen molar-refractivity contribution in [1.29, 1.82) is 0 Å². The van der Waals surface area contributed by atoms with Crippen molar-refractivity contribution in [3.8, 4) is 0 Å². The molecule has 1 saturated heterocycles. The zero-order chi connectivity index (χ0) is 12.3. The number of ketones is 1. The Balaban J connectivity index is 1.96. The van der Waals surface area contributed by atoms with Gasteiger partial charge in [-0.3, -0.25) is 4.79 Å². The van der Waals surface area contributed by atoms with E-state index in [2.05, 4.69) is 9.69 Å². The van der Waals surface area contributed by atoms with E-state index < -0.39 is 0 Å². The van der Waals surface area contributed by atoms with Gasteiger partial charge < -0.3 is 5.32 Å². The van der Waals surface area contributed by atoms with E-state index in [0.29, 0.717) is 5.25 Å². The van der Waals surface area contributed by atoms with Gasteiger partial charge in [0.25, 0.3) is 0 Å². The molecule has 0 spiro atoms. The smallest absolute Gasteiger partial charge is 0.164 e. The van der Waals surface area contributed by atoms with Gasteiger partial charge in [0.05, 0.1) is 11.3 Å². The maximum absolute atomic E-state index is 11.5. The number of aryl methyl sites for hydroxylation is 1. The number of hydrogen-bond acceptors (Lipinski definition) is 6. The Labute approximate surface area is 114 Å². The monoisotopic (exact) mass is 288 g/mol. The SMILES string of the molecule is CC(=O)c1c(C)nsc1NCC1CSCCS1. The van der Waals surface area contributed by atoms with Gasteiger partial charge in [0, 0.05) is 29.1 Å². The average Bonchev–Trinajstić information content (AvgIpc) is 2.69. The molecule has 17 heavy (non-hydrogen) atoms. The number of nitrogens with one attached hydrogen (secondary N) is 1. The van der Waals surface area contributed by atoms with Gasteiger partial charge in [-0.1, -0.05) is 0 Å². The minimum atomic E-state index is 0.101. The molecule has 2 heterocycles. The number of carbonyl (C=O) groups excluding carboxylic acids is 1. The first-order valence-electron chi connectivity index (χ1n) is 5.59. The van der Waals surface area contributed by atoms with Crippen LogP contribution in [0.4, 0.5) is 5.00 Å². The van der Waals surface area contributed by atoms with Gasteiger partial charge in [0.15, 0.2) is 5.78 Å². The first-order valence-corrected chi connectivity index (χ1v) is 8.56. The lowest BCUT2D eigenvalue weighted by Gasteiger charge is -2.21. The lowest BCUT2D eigenvalue weighted by Crippen LogP contribution is -2.23. The van der Waals surface area contributed by atoms with E-state index >= 15 is 0 Å². The molecule has 1 atom stereocenters. The highest BCUT2D eigenvalue weighted by molar-refractivity contribution is 8.06. The zero-order valence-electron chi connectivity index (χ0n) is 9.99. The van der Waals surface area contributed by atoms with E-state index in [-0.39, 0.29) is 5.78 Å². The predicted octanol–water partition coefficient (Wildman–Crippen LogP) is 2.91. The predicted molar refractivity (Wildman–Crippen MR) is 78.9 cm³/mol. The van der Waals surface area contributed by atoms with Crippen LogP contribution in [0.5, 0.6) is 0 Å². The molecule has 0 radical (unpaired) electrons. The molecular weight excluding hydrogens is 272 g/mol. The van der Waals surface area contributed by atoms with Gasteiger partial charge in [0.1, 0.15) is 5.00 Å². The second kappa shape index (κ2) is 6.11. The van der Waals surface area contributed by atoms with Crippen molar-refractivity contribution >= 4 is 45.8 Å². The quantitative estimate of drug-likeness (QED) is 0.863. The van der Waals surface area contributed by atoms with Gasteiger partial charge in [0.2, 0.25) is 0 Å². The van der Waals surface area contributed by atoms with Crippen LogP contribution in [0.15, 0.2) is 0 Å². The van der Waals surface area contributed by atoms with Crippen LogP contribution in [0, 0.1) is 6.92 Å². The molecule has 1 aliphatic heterocycles.